The van der Waals surface area contributed by atoms with E-state index >= 15 is 0 Å². The predicted octanol–water partition coefficient (Wildman–Crippen LogP) is 5.23. The van der Waals surface area contributed by atoms with Crippen molar-refractivity contribution in [2.75, 3.05) is 18.0 Å². The van der Waals surface area contributed by atoms with E-state index in [1.165, 1.54) is 23.4 Å². The van der Waals surface area contributed by atoms with Crippen LogP contribution in [0.2, 0.25) is 0 Å². The Balaban J connectivity index is 1.87. The zero-order valence-electron chi connectivity index (χ0n) is 15.0. The minimum Gasteiger partial charge on any atom is -0.478 e. The summed E-state index contributed by atoms with van der Waals surface area (Å²) in [6.45, 7) is 6.63. The largest absolute Gasteiger partial charge is 0.478 e. The third kappa shape index (κ3) is 2.97. The van der Waals surface area contributed by atoms with Crippen molar-refractivity contribution < 1.29 is 9.90 Å². The number of anilines is 1. The van der Waals surface area contributed by atoms with Crippen molar-refractivity contribution in [2.24, 2.45) is 5.41 Å². The Morgan fingerprint density at radius 2 is 1.92 bits per heavy atom. The van der Waals surface area contributed by atoms with Crippen molar-refractivity contribution in [3.05, 3.63) is 40.3 Å². The highest BCUT2D eigenvalue weighted by Crippen LogP contribution is 2.47. The fourth-order valence-electron chi connectivity index (χ4n) is 4.24. The summed E-state index contributed by atoms with van der Waals surface area (Å²) >= 11 is 1.71. The second kappa shape index (κ2) is 6.17. The summed E-state index contributed by atoms with van der Waals surface area (Å²) in [5.74, 6) is -0.776. The van der Waals surface area contributed by atoms with E-state index < -0.39 is 5.97 Å². The highest BCUT2D eigenvalue weighted by atomic mass is 32.1. The molecule has 1 saturated heterocycles. The van der Waals surface area contributed by atoms with E-state index in [0.29, 0.717) is 5.56 Å². The molecule has 0 radical (unpaired) electrons. The van der Waals surface area contributed by atoms with E-state index in [1.807, 2.05) is 6.07 Å². The molecule has 2 heterocycles. The van der Waals surface area contributed by atoms with Gasteiger partial charge in [0.05, 0.1) is 10.4 Å². The molecular weight excluding hydrogens is 330 g/mol. The summed E-state index contributed by atoms with van der Waals surface area (Å²) in [5.41, 5.74) is 4.11. The van der Waals surface area contributed by atoms with Crippen LogP contribution in [0, 0.1) is 5.41 Å². The molecule has 0 amide bonds. The molecule has 1 aliphatic carbocycles. The van der Waals surface area contributed by atoms with Crippen LogP contribution in [0.25, 0.3) is 10.4 Å². The number of rotatable bonds is 3. The Morgan fingerprint density at radius 3 is 2.64 bits per heavy atom. The van der Waals surface area contributed by atoms with E-state index in [0.717, 1.165) is 48.4 Å². The van der Waals surface area contributed by atoms with Crippen LogP contribution in [-0.4, -0.2) is 24.2 Å². The molecule has 2 aliphatic rings. The first-order valence-corrected chi connectivity index (χ1v) is 10.0. The normalized spacial score (nSPS) is 19.0. The van der Waals surface area contributed by atoms with Gasteiger partial charge >= 0.3 is 5.97 Å². The quantitative estimate of drug-likeness (QED) is 0.820. The number of carbonyl (C=O) groups is 1. The van der Waals surface area contributed by atoms with E-state index in [4.69, 9.17) is 0 Å². The van der Waals surface area contributed by atoms with Gasteiger partial charge in [0.2, 0.25) is 0 Å². The van der Waals surface area contributed by atoms with Gasteiger partial charge in [0.15, 0.2) is 0 Å². The maximum atomic E-state index is 12.2. The van der Waals surface area contributed by atoms with Gasteiger partial charge in [-0.25, -0.2) is 4.79 Å². The molecule has 1 aliphatic heterocycles. The van der Waals surface area contributed by atoms with Crippen LogP contribution >= 0.6 is 11.3 Å². The van der Waals surface area contributed by atoms with E-state index in [1.54, 1.807) is 11.3 Å². The molecule has 0 bridgehead atoms. The molecule has 0 spiro atoms. The number of aromatic carboxylic acids is 1. The number of fused-ring (bicyclic) bond motifs is 1. The first-order valence-electron chi connectivity index (χ1n) is 9.18. The van der Waals surface area contributed by atoms with Gasteiger partial charge in [-0.05, 0) is 49.1 Å². The fraction of sp³-hybridized carbons (Fsp3) is 0.476. The standard InChI is InChI=1S/C21H25NO2S/c1-21(2)10-9-17-15(13-21)18(20(23)24)19(25-17)14-7-3-4-8-16(14)22-11-5-6-12-22/h3-4,7-8H,5-6,9-13H2,1-2H3,(H,23,24). The Kier molecular flexibility index (Phi) is 4.11. The molecule has 4 heteroatoms. The summed E-state index contributed by atoms with van der Waals surface area (Å²) in [5, 5.41) is 9.99. The second-order valence-corrected chi connectivity index (χ2v) is 9.17. The molecule has 132 valence electrons. The van der Waals surface area contributed by atoms with Crippen LogP contribution in [0.3, 0.4) is 0 Å². The van der Waals surface area contributed by atoms with Gasteiger partial charge in [-0.15, -0.1) is 11.3 Å². The molecule has 1 N–H and O–H groups in total. The van der Waals surface area contributed by atoms with Crippen molar-refractivity contribution in [1.82, 2.24) is 0 Å². The number of hydrogen-bond donors (Lipinski definition) is 1. The Morgan fingerprint density at radius 1 is 1.20 bits per heavy atom. The van der Waals surface area contributed by atoms with E-state index in [2.05, 4.69) is 36.9 Å². The number of aryl methyl sites for hydroxylation is 1. The Hall–Kier alpha value is -1.81. The molecule has 0 atom stereocenters. The summed E-state index contributed by atoms with van der Waals surface area (Å²) in [4.78, 5) is 16.8. The Bertz CT molecular complexity index is 815. The van der Waals surface area contributed by atoms with Crippen LogP contribution in [0.1, 0.15) is 53.9 Å². The topological polar surface area (TPSA) is 40.5 Å². The summed E-state index contributed by atoms with van der Waals surface area (Å²) < 4.78 is 0. The lowest BCUT2D eigenvalue weighted by atomic mass is 9.76. The van der Waals surface area contributed by atoms with Gasteiger partial charge in [-0.1, -0.05) is 32.0 Å². The lowest BCUT2D eigenvalue weighted by Gasteiger charge is -2.29. The second-order valence-electron chi connectivity index (χ2n) is 8.07. The van der Waals surface area contributed by atoms with Crippen molar-refractivity contribution in [2.45, 2.75) is 46.0 Å². The molecule has 3 nitrogen and oxygen atoms in total. The van der Waals surface area contributed by atoms with Crippen LogP contribution in [0.15, 0.2) is 24.3 Å². The molecular formula is C21H25NO2S. The SMILES string of the molecule is CC1(C)CCc2sc(-c3ccccc3N3CCCC3)c(C(=O)O)c2C1. The van der Waals surface area contributed by atoms with Crippen LogP contribution in [0.4, 0.5) is 5.69 Å². The van der Waals surface area contributed by atoms with Gasteiger partial charge < -0.3 is 10.0 Å². The number of thiophene rings is 1. The van der Waals surface area contributed by atoms with Crippen molar-refractivity contribution in [1.29, 1.82) is 0 Å². The molecule has 0 saturated carbocycles. The number of carboxylic acids is 1. The zero-order chi connectivity index (χ0) is 17.6. The van der Waals surface area contributed by atoms with E-state index in [-0.39, 0.29) is 5.41 Å². The summed E-state index contributed by atoms with van der Waals surface area (Å²) in [6, 6.07) is 8.34. The average molecular weight is 356 g/mol. The van der Waals surface area contributed by atoms with Gasteiger partial charge in [0.25, 0.3) is 0 Å². The number of benzene rings is 1. The monoisotopic (exact) mass is 355 g/mol. The average Bonchev–Trinajstić information content (AvgIpc) is 3.21. The number of carboxylic acid groups (broad SMARTS) is 1. The lowest BCUT2D eigenvalue weighted by molar-refractivity contribution is 0.0696. The fourth-order valence-corrected chi connectivity index (χ4v) is 5.58. The van der Waals surface area contributed by atoms with Gasteiger partial charge in [0, 0.05) is 29.2 Å². The molecule has 4 rings (SSSR count). The third-order valence-electron chi connectivity index (χ3n) is 5.58. The molecule has 25 heavy (non-hydrogen) atoms. The maximum absolute atomic E-state index is 12.2. The van der Waals surface area contributed by atoms with Crippen LogP contribution in [-0.2, 0) is 12.8 Å². The van der Waals surface area contributed by atoms with Gasteiger partial charge in [-0.3, -0.25) is 0 Å². The molecule has 1 aromatic heterocycles. The van der Waals surface area contributed by atoms with Crippen LogP contribution in [0.5, 0.6) is 0 Å². The predicted molar refractivity (Wildman–Crippen MR) is 104 cm³/mol. The first-order chi connectivity index (χ1) is 12.0. The minimum absolute atomic E-state index is 0.185. The first kappa shape index (κ1) is 16.6. The van der Waals surface area contributed by atoms with Crippen molar-refractivity contribution in [3.8, 4) is 10.4 Å². The lowest BCUT2D eigenvalue weighted by Crippen LogP contribution is -2.22. The molecule has 1 fully saturated rings. The van der Waals surface area contributed by atoms with Gasteiger partial charge in [0.1, 0.15) is 0 Å². The highest BCUT2D eigenvalue weighted by molar-refractivity contribution is 7.16. The maximum Gasteiger partial charge on any atom is 0.337 e. The third-order valence-corrected chi connectivity index (χ3v) is 6.91. The van der Waals surface area contributed by atoms with Gasteiger partial charge in [-0.2, -0.15) is 0 Å². The highest BCUT2D eigenvalue weighted by Gasteiger charge is 2.33. The van der Waals surface area contributed by atoms with Crippen molar-refractivity contribution in [3.63, 3.8) is 0 Å². The summed E-state index contributed by atoms with van der Waals surface area (Å²) in [7, 11) is 0. The van der Waals surface area contributed by atoms with Crippen molar-refractivity contribution >= 4 is 23.0 Å². The number of nitrogens with zero attached hydrogens (tertiary/aromatic N) is 1. The number of para-hydroxylation sites is 1. The minimum atomic E-state index is -0.776. The molecule has 0 unspecified atom stereocenters. The molecule has 2 aromatic rings. The zero-order valence-corrected chi connectivity index (χ0v) is 15.8. The summed E-state index contributed by atoms with van der Waals surface area (Å²) in [6.07, 6.45) is 5.43. The smallest absolute Gasteiger partial charge is 0.337 e. The molecule has 1 aromatic carbocycles. The number of hydrogen-bond acceptors (Lipinski definition) is 3. The van der Waals surface area contributed by atoms with Crippen LogP contribution < -0.4 is 4.90 Å². The Labute approximate surface area is 153 Å². The van der Waals surface area contributed by atoms with E-state index in [9.17, 15) is 9.90 Å².